The first kappa shape index (κ1) is 28.3. The van der Waals surface area contributed by atoms with Gasteiger partial charge in [-0.15, -0.1) is 0 Å². The van der Waals surface area contributed by atoms with Gasteiger partial charge in [-0.3, -0.25) is 4.79 Å². The molecule has 0 aromatic heterocycles. The first-order valence-electron chi connectivity index (χ1n) is 11.0. The number of ether oxygens (including phenoxy) is 1. The number of hydrogen-bond acceptors (Lipinski definition) is 7. The zero-order chi connectivity index (χ0) is 22.4. The van der Waals surface area contributed by atoms with Gasteiger partial charge in [0.1, 0.15) is 6.10 Å². The third-order valence-electron chi connectivity index (χ3n) is 6.43. The van der Waals surface area contributed by atoms with E-state index in [0.717, 1.165) is 5.57 Å². The number of carbonyl (C=O) groups is 2. The number of rotatable bonds is 10. The van der Waals surface area contributed by atoms with Gasteiger partial charge in [-0.05, 0) is 43.1 Å². The number of hydrogen-bond donors (Lipinski definition) is 3. The fourth-order valence-electron chi connectivity index (χ4n) is 4.51. The third-order valence-corrected chi connectivity index (χ3v) is 6.43. The predicted molar refractivity (Wildman–Crippen MR) is 109 cm³/mol. The number of carboxylic acids is 1. The number of allylic oxidation sites excluding steroid dienone is 2. The molecule has 2 rings (SSSR count). The van der Waals surface area contributed by atoms with Crippen LogP contribution in [-0.4, -0.2) is 51.7 Å². The SMILES string of the molecule is CC[C@H](C)C(=O)O[C@@H]1C[C@H](O)C=C2C=C[C@H](C)[C@H](CCC(O)C[C@@H](O)CC(=O)[O-])C21.[Na+]. The summed E-state index contributed by atoms with van der Waals surface area (Å²) in [6.45, 7) is 5.83. The Hall–Kier alpha value is -0.700. The van der Waals surface area contributed by atoms with E-state index in [1.165, 1.54) is 0 Å². The molecule has 0 saturated heterocycles. The smallest absolute Gasteiger partial charge is 0.550 e. The first-order valence-corrected chi connectivity index (χ1v) is 11.0. The molecular weight excluding hydrogens is 411 g/mol. The maximum atomic E-state index is 12.4. The summed E-state index contributed by atoms with van der Waals surface area (Å²) in [4.78, 5) is 23.0. The van der Waals surface area contributed by atoms with Crippen molar-refractivity contribution in [1.82, 2.24) is 0 Å². The number of carbonyl (C=O) groups excluding carboxylic acids is 2. The fourth-order valence-corrected chi connectivity index (χ4v) is 4.51. The Bertz CT molecular complexity index is 662. The van der Waals surface area contributed by atoms with Gasteiger partial charge in [-0.2, -0.15) is 0 Å². The summed E-state index contributed by atoms with van der Waals surface area (Å²) in [5, 5.41) is 40.8. The third kappa shape index (κ3) is 8.30. The minimum Gasteiger partial charge on any atom is -0.550 e. The second kappa shape index (κ2) is 13.1. The van der Waals surface area contributed by atoms with Crippen molar-refractivity contribution >= 4 is 11.9 Å². The van der Waals surface area contributed by atoms with Crippen molar-refractivity contribution in [3.8, 4) is 0 Å². The van der Waals surface area contributed by atoms with E-state index >= 15 is 0 Å². The molecule has 0 heterocycles. The molecule has 0 radical (unpaired) electrons. The van der Waals surface area contributed by atoms with Crippen LogP contribution in [0.2, 0.25) is 0 Å². The summed E-state index contributed by atoms with van der Waals surface area (Å²) in [6.07, 6.45) is 4.31. The van der Waals surface area contributed by atoms with E-state index < -0.39 is 36.8 Å². The van der Waals surface area contributed by atoms with Crippen LogP contribution in [0.15, 0.2) is 23.8 Å². The van der Waals surface area contributed by atoms with Crippen molar-refractivity contribution in [1.29, 1.82) is 0 Å². The summed E-state index contributed by atoms with van der Waals surface area (Å²) in [7, 11) is 0. The van der Waals surface area contributed by atoms with Crippen LogP contribution in [0, 0.1) is 23.7 Å². The molecule has 8 atom stereocenters. The second-order valence-corrected chi connectivity index (χ2v) is 8.86. The van der Waals surface area contributed by atoms with E-state index in [4.69, 9.17) is 4.74 Å². The van der Waals surface area contributed by atoms with Gasteiger partial charge in [-0.25, -0.2) is 0 Å². The van der Waals surface area contributed by atoms with E-state index in [9.17, 15) is 30.0 Å². The summed E-state index contributed by atoms with van der Waals surface area (Å²) < 4.78 is 5.83. The molecule has 170 valence electrons. The van der Waals surface area contributed by atoms with Gasteiger partial charge in [-0.1, -0.05) is 39.0 Å². The van der Waals surface area contributed by atoms with Gasteiger partial charge in [0.15, 0.2) is 0 Å². The topological polar surface area (TPSA) is 127 Å². The van der Waals surface area contributed by atoms with Crippen LogP contribution in [0.4, 0.5) is 0 Å². The molecule has 0 fully saturated rings. The van der Waals surface area contributed by atoms with Crippen molar-refractivity contribution in [2.24, 2.45) is 23.7 Å². The minimum absolute atomic E-state index is 0. The Labute approximate surface area is 206 Å². The molecule has 0 aliphatic heterocycles. The number of carboxylic acid groups (broad SMARTS) is 1. The average molecular weight is 447 g/mol. The van der Waals surface area contributed by atoms with Gasteiger partial charge in [0.05, 0.1) is 24.2 Å². The molecule has 0 spiro atoms. The Morgan fingerprint density at radius 1 is 1.29 bits per heavy atom. The number of aliphatic hydroxyl groups is 3. The van der Waals surface area contributed by atoms with E-state index in [2.05, 4.69) is 13.0 Å². The molecule has 0 bridgehead atoms. The zero-order valence-electron chi connectivity index (χ0n) is 19.1. The van der Waals surface area contributed by atoms with Crippen molar-refractivity contribution in [3.05, 3.63) is 23.8 Å². The quantitative estimate of drug-likeness (QED) is 0.265. The Balaban J connectivity index is 0.00000480. The normalized spacial score (nSPS) is 30.3. The molecule has 7 nitrogen and oxygen atoms in total. The van der Waals surface area contributed by atoms with E-state index in [1.54, 1.807) is 0 Å². The van der Waals surface area contributed by atoms with Crippen molar-refractivity contribution in [2.45, 2.75) is 83.7 Å². The zero-order valence-corrected chi connectivity index (χ0v) is 21.1. The van der Waals surface area contributed by atoms with Crippen LogP contribution in [0.1, 0.15) is 59.3 Å². The number of esters is 1. The number of aliphatic hydroxyl groups excluding tert-OH is 3. The van der Waals surface area contributed by atoms with Gasteiger partial charge in [0.25, 0.3) is 0 Å². The standard InChI is InChI=1S/C23H36O7.Na/c1-4-13(2)23(29)30-20-11-17(25)9-15-6-5-14(3)19(22(15)20)8-7-16(24)10-18(26)12-21(27)28;/h5-6,9,13-14,16-20,22,24-26H,4,7-8,10-12H2,1-3H3,(H,27,28);/q;+1/p-1/t13-,14-,16?,17+,18+,19-,20+,22?;/m0./s1. The van der Waals surface area contributed by atoms with E-state index in [0.29, 0.717) is 25.7 Å². The molecular formula is C23H35NaO7. The van der Waals surface area contributed by atoms with Crippen LogP contribution in [0.3, 0.4) is 0 Å². The van der Waals surface area contributed by atoms with Gasteiger partial charge in [0.2, 0.25) is 0 Å². The maximum Gasteiger partial charge on any atom is 1.00 e. The molecule has 0 amide bonds. The molecule has 0 saturated carbocycles. The summed E-state index contributed by atoms with van der Waals surface area (Å²) >= 11 is 0. The molecule has 0 aromatic carbocycles. The Morgan fingerprint density at radius 2 is 1.97 bits per heavy atom. The largest absolute Gasteiger partial charge is 1.00 e. The second-order valence-electron chi connectivity index (χ2n) is 8.86. The summed E-state index contributed by atoms with van der Waals surface area (Å²) in [5.41, 5.74) is 0.949. The predicted octanol–water partition coefficient (Wildman–Crippen LogP) is -1.89. The van der Waals surface area contributed by atoms with Crippen molar-refractivity contribution in [2.75, 3.05) is 0 Å². The molecule has 2 unspecified atom stereocenters. The number of fused-ring (bicyclic) bond motifs is 1. The van der Waals surface area contributed by atoms with Crippen LogP contribution in [-0.2, 0) is 14.3 Å². The molecule has 0 aromatic rings. The average Bonchev–Trinajstić information content (AvgIpc) is 2.65. The minimum atomic E-state index is -1.35. The van der Waals surface area contributed by atoms with Crippen LogP contribution in [0.25, 0.3) is 0 Å². The Kier molecular flexibility index (Phi) is 12.0. The molecule has 8 heteroatoms. The van der Waals surface area contributed by atoms with Crippen molar-refractivity contribution in [3.63, 3.8) is 0 Å². The Morgan fingerprint density at radius 3 is 2.58 bits per heavy atom. The fraction of sp³-hybridized carbons (Fsp3) is 0.739. The monoisotopic (exact) mass is 446 g/mol. The maximum absolute atomic E-state index is 12.4. The summed E-state index contributed by atoms with van der Waals surface area (Å²) in [6, 6.07) is 0. The molecule has 3 N–H and O–H groups in total. The van der Waals surface area contributed by atoms with Crippen LogP contribution >= 0.6 is 0 Å². The van der Waals surface area contributed by atoms with Crippen LogP contribution in [0.5, 0.6) is 0 Å². The number of aliphatic carboxylic acids is 1. The molecule has 2 aliphatic carbocycles. The van der Waals surface area contributed by atoms with Gasteiger partial charge < -0.3 is 30.0 Å². The van der Waals surface area contributed by atoms with Crippen molar-refractivity contribution < 1.29 is 64.3 Å². The van der Waals surface area contributed by atoms with E-state index in [1.807, 2.05) is 26.0 Å². The summed E-state index contributed by atoms with van der Waals surface area (Å²) in [5.74, 6) is -1.60. The van der Waals surface area contributed by atoms with Gasteiger partial charge in [0, 0.05) is 24.7 Å². The first-order chi connectivity index (χ1) is 14.1. The van der Waals surface area contributed by atoms with Crippen LogP contribution < -0.4 is 34.7 Å². The molecule has 2 aliphatic rings. The van der Waals surface area contributed by atoms with E-state index in [-0.39, 0.29) is 65.6 Å². The van der Waals surface area contributed by atoms with Gasteiger partial charge >= 0.3 is 35.5 Å². The molecule has 31 heavy (non-hydrogen) atoms.